The molecule has 1 N–H and O–H groups in total. The Hall–Kier alpha value is -4.26. The summed E-state index contributed by atoms with van der Waals surface area (Å²) in [7, 11) is 0. The van der Waals surface area contributed by atoms with Crippen LogP contribution in [0.1, 0.15) is 17.5 Å². The predicted octanol–water partition coefficient (Wildman–Crippen LogP) is 4.43. The fraction of sp³-hybridized carbons (Fsp3) is 0.154. The van der Waals surface area contributed by atoms with Gasteiger partial charge in [-0.15, -0.1) is 0 Å². The quantitative estimate of drug-likeness (QED) is 0.153. The molecule has 3 aromatic carbocycles. The number of hydrazone groups is 1. The standard InChI is InChI=1S/C26H23N3O4/c30-18-25(31)33-24-13-7-8-20-16-19(14-15-23(20)24)17-27-28-26(32)29(21-9-3-1-4-10-21)22-11-5-2-6-12-22/h1-13,17-19H,14-16H2,(H,28,32). The van der Waals surface area contributed by atoms with Crippen molar-refractivity contribution in [2.24, 2.45) is 11.0 Å². The summed E-state index contributed by atoms with van der Waals surface area (Å²) in [6.07, 6.45) is 4.07. The molecule has 4 rings (SSSR count). The predicted molar refractivity (Wildman–Crippen MR) is 126 cm³/mol. The van der Waals surface area contributed by atoms with Crippen molar-refractivity contribution in [3.8, 4) is 5.75 Å². The summed E-state index contributed by atoms with van der Waals surface area (Å²) in [6, 6.07) is 23.9. The van der Waals surface area contributed by atoms with Gasteiger partial charge in [-0.1, -0.05) is 48.5 Å². The zero-order valence-electron chi connectivity index (χ0n) is 17.9. The number of nitrogens with zero attached hydrogens (tertiary/aromatic N) is 2. The Kier molecular flexibility index (Phi) is 6.90. The van der Waals surface area contributed by atoms with E-state index >= 15 is 0 Å². The fourth-order valence-corrected chi connectivity index (χ4v) is 3.94. The first-order valence-electron chi connectivity index (χ1n) is 10.7. The molecule has 1 aliphatic carbocycles. The number of para-hydroxylation sites is 2. The molecule has 0 spiro atoms. The summed E-state index contributed by atoms with van der Waals surface area (Å²) in [6.45, 7) is 0. The molecule has 0 saturated carbocycles. The molecule has 0 aromatic heterocycles. The van der Waals surface area contributed by atoms with E-state index in [0.717, 1.165) is 28.9 Å². The van der Waals surface area contributed by atoms with Crippen LogP contribution in [0.25, 0.3) is 0 Å². The van der Waals surface area contributed by atoms with Crippen LogP contribution in [-0.2, 0) is 22.4 Å². The monoisotopic (exact) mass is 441 g/mol. The average molecular weight is 441 g/mol. The van der Waals surface area contributed by atoms with Gasteiger partial charge < -0.3 is 4.74 Å². The van der Waals surface area contributed by atoms with E-state index in [2.05, 4.69) is 10.5 Å². The first-order chi connectivity index (χ1) is 16.2. The van der Waals surface area contributed by atoms with Gasteiger partial charge in [-0.05, 0) is 60.7 Å². The Morgan fingerprint density at radius 3 is 2.24 bits per heavy atom. The number of carbonyl (C=O) groups excluding carboxylic acids is 3. The lowest BCUT2D eigenvalue weighted by Crippen LogP contribution is -2.34. The number of urea groups is 1. The second-order valence-electron chi connectivity index (χ2n) is 7.64. The molecule has 33 heavy (non-hydrogen) atoms. The minimum atomic E-state index is -0.906. The highest BCUT2D eigenvalue weighted by Crippen LogP contribution is 2.32. The van der Waals surface area contributed by atoms with E-state index in [0.29, 0.717) is 18.6 Å². The second kappa shape index (κ2) is 10.4. The third-order valence-electron chi connectivity index (χ3n) is 5.46. The summed E-state index contributed by atoms with van der Waals surface area (Å²) < 4.78 is 5.12. The maximum Gasteiger partial charge on any atom is 0.376 e. The first kappa shape index (κ1) is 22.0. The first-order valence-corrected chi connectivity index (χ1v) is 10.7. The maximum absolute atomic E-state index is 13.0. The van der Waals surface area contributed by atoms with Crippen LogP contribution in [0.4, 0.5) is 16.2 Å². The molecule has 1 aliphatic rings. The van der Waals surface area contributed by atoms with Gasteiger partial charge in [0.2, 0.25) is 6.29 Å². The number of benzene rings is 3. The Balaban J connectivity index is 1.44. The van der Waals surface area contributed by atoms with Crippen molar-refractivity contribution < 1.29 is 19.1 Å². The number of amides is 2. The van der Waals surface area contributed by atoms with Gasteiger partial charge in [-0.3, -0.25) is 9.69 Å². The molecule has 7 nitrogen and oxygen atoms in total. The van der Waals surface area contributed by atoms with Crippen molar-refractivity contribution in [2.75, 3.05) is 4.90 Å². The molecular weight excluding hydrogens is 418 g/mol. The van der Waals surface area contributed by atoms with Crippen molar-refractivity contribution in [1.82, 2.24) is 5.43 Å². The van der Waals surface area contributed by atoms with Crippen molar-refractivity contribution in [1.29, 1.82) is 0 Å². The Labute approximate surface area is 191 Å². The van der Waals surface area contributed by atoms with Crippen LogP contribution >= 0.6 is 0 Å². The zero-order chi connectivity index (χ0) is 23.0. The van der Waals surface area contributed by atoms with E-state index in [4.69, 9.17) is 4.74 Å². The minimum Gasteiger partial charge on any atom is -0.421 e. The molecule has 2 amide bonds. The van der Waals surface area contributed by atoms with Crippen molar-refractivity contribution in [3.63, 3.8) is 0 Å². The van der Waals surface area contributed by atoms with Crippen LogP contribution in [0, 0.1) is 5.92 Å². The molecule has 0 aliphatic heterocycles. The number of rotatable bonds is 6. The minimum absolute atomic E-state index is 0.122. The van der Waals surface area contributed by atoms with Crippen LogP contribution in [0.2, 0.25) is 0 Å². The largest absolute Gasteiger partial charge is 0.421 e. The van der Waals surface area contributed by atoms with E-state index in [1.807, 2.05) is 66.7 Å². The number of hydrogen-bond donors (Lipinski definition) is 1. The van der Waals surface area contributed by atoms with Crippen LogP contribution < -0.4 is 15.1 Å². The van der Waals surface area contributed by atoms with E-state index in [-0.39, 0.29) is 18.2 Å². The van der Waals surface area contributed by atoms with Crippen LogP contribution in [0.15, 0.2) is 84.0 Å². The van der Waals surface area contributed by atoms with Gasteiger partial charge in [0.05, 0.1) is 11.4 Å². The summed E-state index contributed by atoms with van der Waals surface area (Å²) in [5.41, 5.74) is 6.09. The van der Waals surface area contributed by atoms with E-state index < -0.39 is 5.97 Å². The SMILES string of the molecule is O=CC(=O)Oc1cccc2c1CCC(C=NNC(=O)N(c1ccccc1)c1ccccc1)C2. The summed E-state index contributed by atoms with van der Waals surface area (Å²) >= 11 is 0. The van der Waals surface area contributed by atoms with Gasteiger partial charge in [0.15, 0.2) is 0 Å². The van der Waals surface area contributed by atoms with Crippen LogP contribution in [-0.4, -0.2) is 24.5 Å². The lowest BCUT2D eigenvalue weighted by atomic mass is 9.84. The van der Waals surface area contributed by atoms with Gasteiger partial charge in [0.25, 0.3) is 0 Å². The number of ether oxygens (including phenoxy) is 1. The van der Waals surface area contributed by atoms with Gasteiger partial charge in [0, 0.05) is 12.1 Å². The van der Waals surface area contributed by atoms with Crippen LogP contribution in [0.5, 0.6) is 5.75 Å². The number of nitrogens with one attached hydrogen (secondary N) is 1. The van der Waals surface area contributed by atoms with Gasteiger partial charge >= 0.3 is 12.0 Å². The second-order valence-corrected chi connectivity index (χ2v) is 7.64. The van der Waals surface area contributed by atoms with Gasteiger partial charge in [-0.25, -0.2) is 15.0 Å². The number of anilines is 2. The van der Waals surface area contributed by atoms with Crippen molar-refractivity contribution >= 4 is 35.9 Å². The molecule has 0 fully saturated rings. The van der Waals surface area contributed by atoms with E-state index in [9.17, 15) is 14.4 Å². The van der Waals surface area contributed by atoms with Crippen LogP contribution in [0.3, 0.4) is 0 Å². The Bertz CT molecular complexity index is 1120. The highest BCUT2D eigenvalue weighted by atomic mass is 16.5. The maximum atomic E-state index is 13.0. The van der Waals surface area contributed by atoms with Gasteiger partial charge in [-0.2, -0.15) is 5.10 Å². The summed E-state index contributed by atoms with van der Waals surface area (Å²) in [4.78, 5) is 36.5. The van der Waals surface area contributed by atoms with Crippen molar-refractivity contribution in [3.05, 3.63) is 90.0 Å². The molecule has 0 bridgehead atoms. The lowest BCUT2D eigenvalue weighted by molar-refractivity contribution is -0.141. The number of fused-ring (bicyclic) bond motifs is 1. The number of esters is 1. The highest BCUT2D eigenvalue weighted by molar-refractivity contribution is 6.21. The molecule has 3 aromatic rings. The normalized spacial score (nSPS) is 14.8. The Morgan fingerprint density at radius 2 is 1.61 bits per heavy atom. The summed E-state index contributed by atoms with van der Waals surface area (Å²) in [5, 5.41) is 4.23. The third-order valence-corrected chi connectivity index (χ3v) is 5.46. The molecule has 7 heteroatoms. The average Bonchev–Trinajstić information content (AvgIpc) is 2.85. The molecule has 0 saturated heterocycles. The topological polar surface area (TPSA) is 88.1 Å². The fourth-order valence-electron chi connectivity index (χ4n) is 3.94. The molecular formula is C26H23N3O4. The van der Waals surface area contributed by atoms with Gasteiger partial charge in [0.1, 0.15) is 5.75 Å². The molecule has 0 heterocycles. The molecule has 166 valence electrons. The van der Waals surface area contributed by atoms with E-state index in [1.54, 1.807) is 23.2 Å². The van der Waals surface area contributed by atoms with E-state index in [1.165, 1.54) is 0 Å². The lowest BCUT2D eigenvalue weighted by Gasteiger charge is -2.24. The third kappa shape index (κ3) is 5.33. The number of aldehydes is 1. The molecule has 1 atom stereocenters. The number of carbonyl (C=O) groups is 3. The van der Waals surface area contributed by atoms with Crippen molar-refractivity contribution in [2.45, 2.75) is 19.3 Å². The summed E-state index contributed by atoms with van der Waals surface area (Å²) in [5.74, 6) is -0.359. The molecule has 1 unspecified atom stereocenters. The number of hydrogen-bond acceptors (Lipinski definition) is 5. The Morgan fingerprint density at radius 1 is 0.939 bits per heavy atom. The zero-order valence-corrected chi connectivity index (χ0v) is 17.9. The highest BCUT2D eigenvalue weighted by Gasteiger charge is 2.22. The smallest absolute Gasteiger partial charge is 0.376 e. The molecule has 0 radical (unpaired) electrons.